The number of nitrogens with one attached hydrogen (secondary N) is 1. The summed E-state index contributed by atoms with van der Waals surface area (Å²) in [5, 5.41) is 7.09. The third kappa shape index (κ3) is 3.53. The first-order valence-corrected chi connectivity index (χ1v) is 7.93. The third-order valence-corrected chi connectivity index (χ3v) is 4.01. The fourth-order valence-corrected chi connectivity index (χ4v) is 2.49. The van der Waals surface area contributed by atoms with E-state index >= 15 is 0 Å². The summed E-state index contributed by atoms with van der Waals surface area (Å²) in [6.45, 7) is 6.58. The minimum Gasteiger partial charge on any atom is -0.326 e. The highest BCUT2D eigenvalue weighted by Gasteiger charge is 2.06. The van der Waals surface area contributed by atoms with Crippen molar-refractivity contribution >= 4 is 11.6 Å². The minimum atomic E-state index is -0.0226. The van der Waals surface area contributed by atoms with E-state index in [9.17, 15) is 4.79 Å². The Morgan fingerprint density at radius 1 is 1.17 bits per heavy atom. The lowest BCUT2D eigenvalue weighted by molar-refractivity contribution is -0.116. The normalized spacial score (nSPS) is 10.8. The van der Waals surface area contributed by atoms with Crippen LogP contribution < -0.4 is 5.32 Å². The maximum atomic E-state index is 12.0. The van der Waals surface area contributed by atoms with E-state index in [1.165, 1.54) is 0 Å². The molecule has 6 nitrogen and oxygen atoms in total. The Balaban J connectivity index is 1.59. The van der Waals surface area contributed by atoms with Crippen LogP contribution in [0.2, 0.25) is 0 Å². The lowest BCUT2D eigenvalue weighted by atomic mass is 10.2. The highest BCUT2D eigenvalue weighted by atomic mass is 16.1. The number of imidazole rings is 1. The number of carbonyl (C=O) groups is 1. The first kappa shape index (κ1) is 16.0. The van der Waals surface area contributed by atoms with E-state index in [0.717, 1.165) is 28.3 Å². The number of benzene rings is 1. The molecule has 0 aliphatic heterocycles. The molecule has 2 aromatic heterocycles. The summed E-state index contributed by atoms with van der Waals surface area (Å²) in [6, 6.07) is 7.75. The van der Waals surface area contributed by atoms with E-state index in [2.05, 4.69) is 15.4 Å². The zero-order valence-electron chi connectivity index (χ0n) is 14.2. The number of amides is 1. The summed E-state index contributed by atoms with van der Waals surface area (Å²) >= 11 is 0. The van der Waals surface area contributed by atoms with Crippen LogP contribution in [-0.2, 0) is 11.3 Å². The molecule has 0 radical (unpaired) electrons. The third-order valence-electron chi connectivity index (χ3n) is 4.01. The molecule has 0 bridgehead atoms. The number of aromatic nitrogens is 4. The Morgan fingerprint density at radius 2 is 1.92 bits per heavy atom. The molecule has 0 spiro atoms. The van der Waals surface area contributed by atoms with Gasteiger partial charge in [0.15, 0.2) is 0 Å². The van der Waals surface area contributed by atoms with Crippen LogP contribution in [0.15, 0.2) is 43.0 Å². The van der Waals surface area contributed by atoms with Crippen LogP contribution in [-0.4, -0.2) is 25.2 Å². The SMILES string of the molecule is Cc1cnn(CCC(=O)Nc2ccc(-n3cnc(C)c3C)cc2)c1. The molecule has 1 aromatic carbocycles. The van der Waals surface area contributed by atoms with Gasteiger partial charge in [-0.15, -0.1) is 0 Å². The maximum Gasteiger partial charge on any atom is 0.226 e. The van der Waals surface area contributed by atoms with Crippen molar-refractivity contribution in [3.05, 3.63) is 59.9 Å². The second-order valence-electron chi connectivity index (χ2n) is 5.91. The molecule has 1 N–H and O–H groups in total. The second kappa shape index (κ2) is 6.70. The first-order chi connectivity index (χ1) is 11.5. The minimum absolute atomic E-state index is 0.0226. The number of hydrogen-bond donors (Lipinski definition) is 1. The number of anilines is 1. The summed E-state index contributed by atoms with van der Waals surface area (Å²) in [5.41, 5.74) is 5.03. The van der Waals surface area contributed by atoms with Gasteiger partial charge in [-0.1, -0.05) is 0 Å². The number of nitrogens with zero attached hydrogens (tertiary/aromatic N) is 4. The summed E-state index contributed by atoms with van der Waals surface area (Å²) in [4.78, 5) is 16.3. The lowest BCUT2D eigenvalue weighted by Gasteiger charge is -2.08. The van der Waals surface area contributed by atoms with Gasteiger partial charge >= 0.3 is 0 Å². The van der Waals surface area contributed by atoms with Gasteiger partial charge in [0.25, 0.3) is 0 Å². The smallest absolute Gasteiger partial charge is 0.226 e. The van der Waals surface area contributed by atoms with Gasteiger partial charge in [-0.2, -0.15) is 5.10 Å². The number of aryl methyl sites for hydroxylation is 3. The molecule has 0 saturated carbocycles. The monoisotopic (exact) mass is 323 g/mol. The molecule has 0 aliphatic rings. The standard InChI is InChI=1S/C18H21N5O/c1-13-10-20-22(11-13)9-8-18(24)21-16-4-6-17(7-5-16)23-12-19-14(2)15(23)3/h4-7,10-12H,8-9H2,1-3H3,(H,21,24). The van der Waals surface area contributed by atoms with Crippen molar-refractivity contribution in [3.8, 4) is 5.69 Å². The molecule has 3 aromatic rings. The van der Waals surface area contributed by atoms with E-state index in [0.29, 0.717) is 13.0 Å². The molecular formula is C18H21N5O. The average molecular weight is 323 g/mol. The first-order valence-electron chi connectivity index (χ1n) is 7.93. The summed E-state index contributed by atoms with van der Waals surface area (Å²) < 4.78 is 3.81. The predicted octanol–water partition coefficient (Wildman–Crippen LogP) is 3.02. The fourth-order valence-electron chi connectivity index (χ4n) is 2.49. The molecule has 24 heavy (non-hydrogen) atoms. The summed E-state index contributed by atoms with van der Waals surface area (Å²) in [6.07, 6.45) is 5.92. The van der Waals surface area contributed by atoms with Gasteiger partial charge in [-0.05, 0) is 50.6 Å². The number of carbonyl (C=O) groups excluding carboxylic acids is 1. The van der Waals surface area contributed by atoms with E-state index in [1.807, 2.05) is 62.1 Å². The number of hydrogen-bond acceptors (Lipinski definition) is 3. The Bertz CT molecular complexity index is 845. The van der Waals surface area contributed by atoms with Crippen LogP contribution >= 0.6 is 0 Å². The summed E-state index contributed by atoms with van der Waals surface area (Å²) in [7, 11) is 0. The zero-order valence-corrected chi connectivity index (χ0v) is 14.2. The van der Waals surface area contributed by atoms with Crippen molar-refractivity contribution in [3.63, 3.8) is 0 Å². The molecule has 0 aliphatic carbocycles. The molecule has 1 amide bonds. The van der Waals surface area contributed by atoms with Gasteiger partial charge in [0.2, 0.25) is 5.91 Å². The van der Waals surface area contributed by atoms with Crippen LogP contribution in [0.3, 0.4) is 0 Å². The highest BCUT2D eigenvalue weighted by Crippen LogP contribution is 2.16. The zero-order chi connectivity index (χ0) is 17.1. The Hall–Kier alpha value is -2.89. The average Bonchev–Trinajstić information content (AvgIpc) is 3.13. The van der Waals surface area contributed by atoms with Crippen LogP contribution in [0.1, 0.15) is 23.4 Å². The molecule has 3 rings (SSSR count). The molecule has 6 heteroatoms. The quantitative estimate of drug-likeness (QED) is 0.785. The topological polar surface area (TPSA) is 64.7 Å². The van der Waals surface area contributed by atoms with Gasteiger partial charge in [0.1, 0.15) is 0 Å². The van der Waals surface area contributed by atoms with E-state index in [4.69, 9.17) is 0 Å². The van der Waals surface area contributed by atoms with Gasteiger partial charge in [-0.3, -0.25) is 9.48 Å². The Morgan fingerprint density at radius 3 is 2.50 bits per heavy atom. The van der Waals surface area contributed by atoms with Crippen molar-refractivity contribution in [2.75, 3.05) is 5.32 Å². The Labute approximate surface area is 141 Å². The van der Waals surface area contributed by atoms with Crippen molar-refractivity contribution in [2.24, 2.45) is 0 Å². The van der Waals surface area contributed by atoms with Gasteiger partial charge in [0.05, 0.1) is 18.2 Å². The molecule has 2 heterocycles. The summed E-state index contributed by atoms with van der Waals surface area (Å²) in [5.74, 6) is -0.0226. The second-order valence-corrected chi connectivity index (χ2v) is 5.91. The molecule has 0 atom stereocenters. The molecule has 0 saturated heterocycles. The fraction of sp³-hybridized carbons (Fsp3) is 0.278. The van der Waals surface area contributed by atoms with Crippen LogP contribution in [0.4, 0.5) is 5.69 Å². The van der Waals surface area contributed by atoms with Crippen molar-refractivity contribution < 1.29 is 4.79 Å². The largest absolute Gasteiger partial charge is 0.326 e. The maximum absolute atomic E-state index is 12.0. The molecule has 0 unspecified atom stereocenters. The van der Waals surface area contributed by atoms with Gasteiger partial charge in [0, 0.05) is 36.2 Å². The Kier molecular flexibility index (Phi) is 4.46. The van der Waals surface area contributed by atoms with Gasteiger partial charge < -0.3 is 9.88 Å². The van der Waals surface area contributed by atoms with Gasteiger partial charge in [-0.25, -0.2) is 4.98 Å². The van der Waals surface area contributed by atoms with Crippen LogP contribution in [0, 0.1) is 20.8 Å². The van der Waals surface area contributed by atoms with E-state index < -0.39 is 0 Å². The number of rotatable bonds is 5. The van der Waals surface area contributed by atoms with Crippen molar-refractivity contribution in [2.45, 2.75) is 33.7 Å². The van der Waals surface area contributed by atoms with Crippen molar-refractivity contribution in [1.82, 2.24) is 19.3 Å². The molecular weight excluding hydrogens is 302 g/mol. The van der Waals surface area contributed by atoms with Crippen LogP contribution in [0.25, 0.3) is 5.69 Å². The van der Waals surface area contributed by atoms with Crippen molar-refractivity contribution in [1.29, 1.82) is 0 Å². The molecule has 0 fully saturated rings. The predicted molar refractivity (Wildman–Crippen MR) is 93.2 cm³/mol. The van der Waals surface area contributed by atoms with Crippen LogP contribution in [0.5, 0.6) is 0 Å². The van der Waals surface area contributed by atoms with E-state index in [-0.39, 0.29) is 5.91 Å². The molecule has 124 valence electrons. The van der Waals surface area contributed by atoms with E-state index in [1.54, 1.807) is 10.9 Å². The lowest BCUT2D eigenvalue weighted by Crippen LogP contribution is -2.14. The highest BCUT2D eigenvalue weighted by molar-refractivity contribution is 5.90.